The van der Waals surface area contributed by atoms with E-state index in [0.717, 1.165) is 17.7 Å². The maximum absolute atomic E-state index is 12.8. The van der Waals surface area contributed by atoms with E-state index in [1.54, 1.807) is 34.7 Å². The lowest BCUT2D eigenvalue weighted by Crippen LogP contribution is -2.18. The van der Waals surface area contributed by atoms with Crippen molar-refractivity contribution in [3.05, 3.63) is 57.2 Å². The minimum atomic E-state index is -4.53. The highest BCUT2D eigenvalue weighted by atomic mass is 127. The molecule has 0 bridgehead atoms. The largest absolute Gasteiger partial charge is 0.416 e. The van der Waals surface area contributed by atoms with Crippen molar-refractivity contribution < 1.29 is 26.4 Å². The van der Waals surface area contributed by atoms with Crippen molar-refractivity contribution in [2.75, 3.05) is 11.1 Å². The van der Waals surface area contributed by atoms with Crippen molar-refractivity contribution in [2.45, 2.75) is 24.4 Å². The molecule has 4 nitrogen and oxygen atoms in total. The number of carbonyl (C=O) groups excluding carboxylic acids is 1. The molecule has 0 aliphatic heterocycles. The summed E-state index contributed by atoms with van der Waals surface area (Å²) in [6.07, 6.45) is -4.89. The van der Waals surface area contributed by atoms with Crippen LogP contribution in [0.25, 0.3) is 0 Å². The van der Waals surface area contributed by atoms with Gasteiger partial charge in [0.05, 0.1) is 21.9 Å². The first kappa shape index (κ1) is 20.7. The van der Waals surface area contributed by atoms with Crippen molar-refractivity contribution in [3.8, 4) is 0 Å². The molecular weight excluding hydrogens is 482 g/mol. The van der Waals surface area contributed by atoms with E-state index in [2.05, 4.69) is 5.32 Å². The smallest absolute Gasteiger partial charge is 0.325 e. The van der Waals surface area contributed by atoms with Gasteiger partial charge in [-0.3, -0.25) is 4.79 Å². The third-order valence-electron chi connectivity index (χ3n) is 3.55. The second-order valence-electron chi connectivity index (χ2n) is 5.62. The average Bonchev–Trinajstić information content (AvgIpc) is 2.54. The van der Waals surface area contributed by atoms with Gasteiger partial charge in [-0.2, -0.15) is 13.2 Å². The molecule has 9 heteroatoms. The lowest BCUT2D eigenvalue weighted by Gasteiger charge is -2.12. The topological polar surface area (TPSA) is 63.2 Å². The van der Waals surface area contributed by atoms with Crippen LogP contribution in [0.4, 0.5) is 18.9 Å². The van der Waals surface area contributed by atoms with E-state index in [-0.39, 0.29) is 17.0 Å². The molecule has 1 N–H and O–H groups in total. The third kappa shape index (κ3) is 5.44. The normalized spacial score (nSPS) is 12.0. The van der Waals surface area contributed by atoms with Gasteiger partial charge in [0.1, 0.15) is 0 Å². The lowest BCUT2D eigenvalue weighted by atomic mass is 10.2. The quantitative estimate of drug-likeness (QED) is 0.623. The Labute approximate surface area is 162 Å². The number of halogens is 4. The van der Waals surface area contributed by atoms with E-state index in [9.17, 15) is 26.4 Å². The van der Waals surface area contributed by atoms with Crippen molar-refractivity contribution >= 4 is 44.0 Å². The number of aryl methyl sites for hydroxylation is 1. The van der Waals surface area contributed by atoms with Gasteiger partial charge in [0.2, 0.25) is 5.91 Å². The fourth-order valence-corrected chi connectivity index (χ4v) is 3.81. The summed E-state index contributed by atoms with van der Waals surface area (Å²) in [4.78, 5) is 12.1. The fourth-order valence-electron chi connectivity index (χ4n) is 2.10. The first-order valence-electron chi connectivity index (χ1n) is 7.45. The zero-order valence-electron chi connectivity index (χ0n) is 13.6. The Morgan fingerprint density at radius 3 is 2.31 bits per heavy atom. The maximum Gasteiger partial charge on any atom is 0.416 e. The summed E-state index contributed by atoms with van der Waals surface area (Å²) >= 11 is 1.80. The Kier molecular flexibility index (Phi) is 6.33. The standard InChI is InChI=1S/C17H15F3INO3S/c1-11-2-5-13(6-3-11)26(24,25)9-8-16(23)22-15-10-12(17(18,19)20)4-7-14(15)21/h2-7,10H,8-9H2,1H3,(H,22,23). The van der Waals surface area contributed by atoms with Gasteiger partial charge in [-0.05, 0) is 59.8 Å². The van der Waals surface area contributed by atoms with Crippen LogP contribution in [0.3, 0.4) is 0 Å². The number of sulfone groups is 1. The molecule has 2 aromatic carbocycles. The summed E-state index contributed by atoms with van der Waals surface area (Å²) in [5, 5.41) is 2.34. The van der Waals surface area contributed by atoms with E-state index in [0.29, 0.717) is 3.57 Å². The second-order valence-corrected chi connectivity index (χ2v) is 8.89. The van der Waals surface area contributed by atoms with Gasteiger partial charge in [-0.15, -0.1) is 0 Å². The van der Waals surface area contributed by atoms with E-state index < -0.39 is 33.2 Å². The molecule has 0 aliphatic carbocycles. The molecule has 2 aromatic rings. The molecule has 0 fully saturated rings. The Bertz CT molecular complexity index is 910. The average molecular weight is 497 g/mol. The Hall–Kier alpha value is -1.62. The second kappa shape index (κ2) is 7.95. The monoisotopic (exact) mass is 497 g/mol. The summed E-state index contributed by atoms with van der Waals surface area (Å²) in [5.41, 5.74) is 0.0134. The predicted octanol–water partition coefficient (Wildman–Crippen LogP) is 4.42. The molecule has 26 heavy (non-hydrogen) atoms. The number of amides is 1. The maximum atomic E-state index is 12.8. The predicted molar refractivity (Wildman–Crippen MR) is 101 cm³/mol. The van der Waals surface area contributed by atoms with E-state index >= 15 is 0 Å². The highest BCUT2D eigenvalue weighted by molar-refractivity contribution is 14.1. The molecular formula is C17H15F3INO3S. The van der Waals surface area contributed by atoms with Gasteiger partial charge in [-0.25, -0.2) is 8.42 Å². The molecule has 0 spiro atoms. The Balaban J connectivity index is 2.06. The van der Waals surface area contributed by atoms with E-state index in [4.69, 9.17) is 0 Å². The Morgan fingerprint density at radius 2 is 1.73 bits per heavy atom. The van der Waals surface area contributed by atoms with E-state index in [1.165, 1.54) is 18.2 Å². The molecule has 0 heterocycles. The molecule has 2 rings (SSSR count). The summed E-state index contributed by atoms with van der Waals surface area (Å²) in [5.74, 6) is -1.10. The first-order chi connectivity index (χ1) is 12.0. The number of nitrogens with one attached hydrogen (secondary N) is 1. The molecule has 140 valence electrons. The molecule has 0 unspecified atom stereocenters. The molecule has 0 radical (unpaired) electrons. The van der Waals surface area contributed by atoms with Crippen LogP contribution in [0.2, 0.25) is 0 Å². The van der Waals surface area contributed by atoms with Crippen LogP contribution in [-0.4, -0.2) is 20.1 Å². The zero-order valence-corrected chi connectivity index (χ0v) is 16.6. The number of alkyl halides is 3. The highest BCUT2D eigenvalue weighted by Crippen LogP contribution is 2.32. The van der Waals surface area contributed by atoms with Crippen LogP contribution in [-0.2, 0) is 20.8 Å². The minimum absolute atomic E-state index is 0.00170. The lowest BCUT2D eigenvalue weighted by molar-refractivity contribution is -0.137. The highest BCUT2D eigenvalue weighted by Gasteiger charge is 2.31. The fraction of sp³-hybridized carbons (Fsp3) is 0.235. The summed E-state index contributed by atoms with van der Waals surface area (Å²) in [6.45, 7) is 1.82. The zero-order chi connectivity index (χ0) is 19.5. The van der Waals surface area contributed by atoms with Crippen LogP contribution in [0.5, 0.6) is 0 Å². The van der Waals surface area contributed by atoms with Gasteiger partial charge in [0, 0.05) is 9.99 Å². The van der Waals surface area contributed by atoms with Crippen molar-refractivity contribution in [3.63, 3.8) is 0 Å². The molecule has 0 atom stereocenters. The number of hydrogen-bond acceptors (Lipinski definition) is 3. The summed E-state index contributed by atoms with van der Waals surface area (Å²) in [6, 6.07) is 9.20. The minimum Gasteiger partial charge on any atom is -0.325 e. The van der Waals surface area contributed by atoms with Crippen molar-refractivity contribution in [1.82, 2.24) is 0 Å². The molecule has 0 saturated carbocycles. The van der Waals surface area contributed by atoms with Gasteiger partial charge >= 0.3 is 6.18 Å². The van der Waals surface area contributed by atoms with E-state index in [1.807, 2.05) is 6.92 Å². The van der Waals surface area contributed by atoms with Gasteiger partial charge in [-0.1, -0.05) is 17.7 Å². The van der Waals surface area contributed by atoms with Gasteiger partial charge in [0.15, 0.2) is 9.84 Å². The number of rotatable bonds is 5. The number of benzene rings is 2. The van der Waals surface area contributed by atoms with Crippen LogP contribution in [0, 0.1) is 10.5 Å². The first-order valence-corrected chi connectivity index (χ1v) is 10.2. The van der Waals surface area contributed by atoms with Crippen LogP contribution in [0.1, 0.15) is 17.5 Å². The van der Waals surface area contributed by atoms with Gasteiger partial charge < -0.3 is 5.32 Å². The summed E-state index contributed by atoms with van der Waals surface area (Å²) in [7, 11) is -3.65. The number of anilines is 1. The van der Waals surface area contributed by atoms with Crippen molar-refractivity contribution in [2.24, 2.45) is 0 Å². The van der Waals surface area contributed by atoms with Crippen LogP contribution < -0.4 is 5.32 Å². The number of carbonyl (C=O) groups is 1. The van der Waals surface area contributed by atoms with Crippen LogP contribution >= 0.6 is 22.6 Å². The summed E-state index contributed by atoms with van der Waals surface area (Å²) < 4.78 is 63.2. The number of hydrogen-bond donors (Lipinski definition) is 1. The Morgan fingerprint density at radius 1 is 1.12 bits per heavy atom. The third-order valence-corrected chi connectivity index (χ3v) is 6.22. The SMILES string of the molecule is Cc1ccc(S(=O)(=O)CCC(=O)Nc2cc(C(F)(F)F)ccc2I)cc1. The molecule has 1 amide bonds. The van der Waals surface area contributed by atoms with Crippen molar-refractivity contribution in [1.29, 1.82) is 0 Å². The molecule has 0 saturated heterocycles. The van der Waals surface area contributed by atoms with Gasteiger partial charge in [0.25, 0.3) is 0 Å². The molecule has 0 aromatic heterocycles. The van der Waals surface area contributed by atoms with Crippen LogP contribution in [0.15, 0.2) is 47.4 Å². The molecule has 0 aliphatic rings.